The van der Waals surface area contributed by atoms with Crippen molar-refractivity contribution in [3.05, 3.63) is 36.2 Å². The van der Waals surface area contributed by atoms with Crippen molar-refractivity contribution >= 4 is 5.69 Å². The maximum Gasteiger partial charge on any atom is 0.141 e. The third-order valence-corrected chi connectivity index (χ3v) is 1.72. The van der Waals surface area contributed by atoms with E-state index in [-0.39, 0.29) is 5.75 Å². The van der Waals surface area contributed by atoms with Crippen LogP contribution in [0.5, 0.6) is 5.75 Å². The molecular formula is C9H10N2O2. The molecule has 0 amide bonds. The fraction of sp³-hybridized carbons (Fsp3) is 0.111. The Kier molecular flexibility index (Phi) is 1.83. The summed E-state index contributed by atoms with van der Waals surface area (Å²) >= 11 is 0. The summed E-state index contributed by atoms with van der Waals surface area (Å²) in [6.45, 7) is 1.84. The summed E-state index contributed by atoms with van der Waals surface area (Å²) in [6, 6.07) is 6.90. The number of nitrogens with zero attached hydrogens (tertiary/aromatic N) is 1. The minimum absolute atomic E-state index is 0.234. The van der Waals surface area contributed by atoms with Crippen LogP contribution in [0.1, 0.15) is 6.92 Å². The number of benzene rings is 1. The highest BCUT2D eigenvalue weighted by molar-refractivity contribution is 5.52. The number of aromatic hydroxyl groups is 1. The Bertz CT molecular complexity index is 349. The Morgan fingerprint density at radius 3 is 2.92 bits per heavy atom. The molecule has 1 aromatic carbocycles. The van der Waals surface area contributed by atoms with E-state index in [4.69, 9.17) is 4.84 Å². The Hall–Kier alpha value is -1.68. The molecule has 0 saturated heterocycles. The first-order valence-electron chi connectivity index (χ1n) is 3.95. The second kappa shape index (κ2) is 2.99. The van der Waals surface area contributed by atoms with Gasteiger partial charge >= 0.3 is 0 Å². The summed E-state index contributed by atoms with van der Waals surface area (Å²) in [5.41, 5.74) is 3.51. The topological polar surface area (TPSA) is 44.7 Å². The minimum Gasteiger partial charge on any atom is -0.508 e. The van der Waals surface area contributed by atoms with E-state index in [1.54, 1.807) is 29.4 Å². The smallest absolute Gasteiger partial charge is 0.141 e. The summed E-state index contributed by atoms with van der Waals surface area (Å²) in [7, 11) is 0. The fourth-order valence-electron chi connectivity index (χ4n) is 1.13. The van der Waals surface area contributed by atoms with E-state index in [0.717, 1.165) is 11.4 Å². The zero-order valence-electron chi connectivity index (χ0n) is 7.19. The van der Waals surface area contributed by atoms with Crippen molar-refractivity contribution in [1.29, 1.82) is 0 Å². The normalized spacial score (nSPS) is 15.5. The van der Waals surface area contributed by atoms with Crippen LogP contribution in [0.15, 0.2) is 36.2 Å². The van der Waals surface area contributed by atoms with Gasteiger partial charge in [-0.1, -0.05) is 11.7 Å². The average molecular weight is 178 g/mol. The molecule has 13 heavy (non-hydrogen) atoms. The van der Waals surface area contributed by atoms with Crippen LogP contribution in [-0.4, -0.2) is 5.11 Å². The quantitative estimate of drug-likeness (QED) is 0.684. The van der Waals surface area contributed by atoms with Crippen molar-refractivity contribution < 1.29 is 9.94 Å². The predicted molar refractivity (Wildman–Crippen MR) is 48.6 cm³/mol. The summed E-state index contributed by atoms with van der Waals surface area (Å²) < 4.78 is 0. The van der Waals surface area contributed by atoms with Crippen LogP contribution >= 0.6 is 0 Å². The molecule has 0 aromatic heterocycles. The second-order valence-electron chi connectivity index (χ2n) is 2.82. The van der Waals surface area contributed by atoms with Gasteiger partial charge in [0.1, 0.15) is 11.5 Å². The monoisotopic (exact) mass is 178 g/mol. The van der Waals surface area contributed by atoms with Crippen molar-refractivity contribution in [2.75, 3.05) is 5.01 Å². The molecule has 4 nitrogen and oxygen atoms in total. The number of hydrogen-bond donors (Lipinski definition) is 2. The van der Waals surface area contributed by atoms with Gasteiger partial charge in [-0.05, 0) is 19.1 Å². The Balaban J connectivity index is 2.26. The van der Waals surface area contributed by atoms with E-state index in [0.29, 0.717) is 0 Å². The lowest BCUT2D eigenvalue weighted by molar-refractivity contribution is 0.132. The molecule has 0 bridgehead atoms. The van der Waals surface area contributed by atoms with Gasteiger partial charge in [-0.15, -0.1) is 0 Å². The van der Waals surface area contributed by atoms with Crippen LogP contribution in [-0.2, 0) is 4.84 Å². The van der Waals surface area contributed by atoms with Crippen molar-refractivity contribution in [1.82, 2.24) is 5.59 Å². The molecule has 1 heterocycles. The highest BCUT2D eigenvalue weighted by Gasteiger charge is 2.11. The largest absolute Gasteiger partial charge is 0.508 e. The number of phenolic OH excluding ortho intramolecular Hbond substituents is 1. The minimum atomic E-state index is 0.234. The summed E-state index contributed by atoms with van der Waals surface area (Å²) in [6.07, 6.45) is 1.80. The molecule has 0 saturated carbocycles. The molecule has 0 fully saturated rings. The molecule has 0 atom stereocenters. The van der Waals surface area contributed by atoms with Crippen molar-refractivity contribution in [3.63, 3.8) is 0 Å². The third-order valence-electron chi connectivity index (χ3n) is 1.72. The van der Waals surface area contributed by atoms with E-state index in [1.807, 2.05) is 13.0 Å². The van der Waals surface area contributed by atoms with E-state index in [9.17, 15) is 5.11 Å². The Morgan fingerprint density at radius 2 is 2.31 bits per heavy atom. The molecule has 2 N–H and O–H groups in total. The molecule has 0 aliphatic carbocycles. The first-order chi connectivity index (χ1) is 6.25. The first-order valence-corrected chi connectivity index (χ1v) is 3.95. The lowest BCUT2D eigenvalue weighted by Crippen LogP contribution is -2.26. The lowest BCUT2D eigenvalue weighted by Gasteiger charge is -2.13. The van der Waals surface area contributed by atoms with Gasteiger partial charge in [0.2, 0.25) is 0 Å². The number of hydrogen-bond acceptors (Lipinski definition) is 4. The van der Waals surface area contributed by atoms with Crippen molar-refractivity contribution in [3.8, 4) is 5.75 Å². The van der Waals surface area contributed by atoms with Crippen molar-refractivity contribution in [2.24, 2.45) is 0 Å². The van der Waals surface area contributed by atoms with Crippen LogP contribution in [0.4, 0.5) is 5.69 Å². The van der Waals surface area contributed by atoms with Gasteiger partial charge in [-0.25, -0.2) is 5.01 Å². The first kappa shape index (κ1) is 7.94. The van der Waals surface area contributed by atoms with Crippen LogP contribution in [0, 0.1) is 0 Å². The van der Waals surface area contributed by atoms with Gasteiger partial charge in [-0.3, -0.25) is 0 Å². The second-order valence-corrected chi connectivity index (χ2v) is 2.82. The third kappa shape index (κ3) is 1.57. The van der Waals surface area contributed by atoms with E-state index in [1.165, 1.54) is 0 Å². The maximum absolute atomic E-state index is 9.22. The molecule has 0 radical (unpaired) electrons. The van der Waals surface area contributed by atoms with Crippen LogP contribution in [0.2, 0.25) is 0 Å². The summed E-state index contributed by atoms with van der Waals surface area (Å²) in [5, 5.41) is 10.9. The van der Waals surface area contributed by atoms with Crippen LogP contribution < -0.4 is 10.6 Å². The van der Waals surface area contributed by atoms with Gasteiger partial charge in [0, 0.05) is 6.07 Å². The van der Waals surface area contributed by atoms with Gasteiger partial charge in [-0.2, -0.15) is 0 Å². The van der Waals surface area contributed by atoms with Crippen LogP contribution in [0.3, 0.4) is 0 Å². The lowest BCUT2D eigenvalue weighted by atomic mass is 10.3. The number of anilines is 1. The van der Waals surface area contributed by atoms with Crippen LogP contribution in [0.25, 0.3) is 0 Å². The van der Waals surface area contributed by atoms with Gasteiger partial charge in [0.05, 0.1) is 11.9 Å². The molecule has 1 aromatic rings. The summed E-state index contributed by atoms with van der Waals surface area (Å²) in [4.78, 5) is 5.02. The predicted octanol–water partition coefficient (Wildman–Crippen LogP) is 1.51. The Morgan fingerprint density at radius 1 is 1.46 bits per heavy atom. The van der Waals surface area contributed by atoms with Gasteiger partial charge in [0.15, 0.2) is 0 Å². The molecule has 0 unspecified atom stereocenters. The zero-order valence-corrected chi connectivity index (χ0v) is 7.19. The molecule has 68 valence electrons. The van der Waals surface area contributed by atoms with E-state index >= 15 is 0 Å². The fourth-order valence-corrected chi connectivity index (χ4v) is 1.13. The molecule has 4 heteroatoms. The van der Waals surface area contributed by atoms with Gasteiger partial charge < -0.3 is 9.94 Å². The molecule has 1 aliphatic heterocycles. The van der Waals surface area contributed by atoms with Crippen molar-refractivity contribution in [2.45, 2.75) is 6.92 Å². The van der Waals surface area contributed by atoms with E-state index < -0.39 is 0 Å². The zero-order chi connectivity index (χ0) is 9.26. The molecular weight excluding hydrogens is 168 g/mol. The van der Waals surface area contributed by atoms with E-state index in [2.05, 4.69) is 5.59 Å². The molecule has 0 spiro atoms. The highest BCUT2D eigenvalue weighted by Crippen LogP contribution is 2.21. The molecule has 2 rings (SSSR count). The maximum atomic E-state index is 9.22. The summed E-state index contributed by atoms with van der Waals surface area (Å²) in [5.74, 6) is 1.01. The number of rotatable bonds is 1. The Labute approximate surface area is 76.0 Å². The average Bonchev–Trinajstić information content (AvgIpc) is 2.52. The van der Waals surface area contributed by atoms with Gasteiger partial charge in [0.25, 0.3) is 0 Å². The standard InChI is InChI=1S/C9H10N2O2/c1-7-6-11(10-13-7)8-3-2-4-9(12)5-8/h2-6,10,12H,1H3. The number of phenols is 1. The number of nitrogens with one attached hydrogen (secondary N) is 1. The number of allylic oxidation sites excluding steroid dienone is 1. The number of hydrazine groups is 1. The molecule has 1 aliphatic rings. The highest BCUT2D eigenvalue weighted by atomic mass is 16.7. The SMILES string of the molecule is CC1=CN(c2cccc(O)c2)NO1.